The number of nitrogens with zero attached hydrogens (tertiary/aromatic N) is 2. The molecule has 0 bridgehead atoms. The van der Waals surface area contributed by atoms with Crippen LogP contribution in [0.2, 0.25) is 0 Å². The summed E-state index contributed by atoms with van der Waals surface area (Å²) in [5.41, 5.74) is 1.50. The van der Waals surface area contributed by atoms with Gasteiger partial charge in [-0.3, -0.25) is 4.90 Å². The molecule has 1 atom stereocenters. The predicted molar refractivity (Wildman–Crippen MR) is 79.8 cm³/mol. The molecule has 0 unspecified atom stereocenters. The number of hydrogen-bond donors (Lipinski definition) is 1. The van der Waals surface area contributed by atoms with Gasteiger partial charge in [-0.2, -0.15) is 0 Å². The van der Waals surface area contributed by atoms with Crippen LogP contribution < -0.4 is 5.32 Å². The quantitative estimate of drug-likeness (QED) is 0.922. The standard InChI is InChI=1S/C13H21N3.2ClH/c1-15-8-2-3-12(15)13(11-4-5-11)16-9-6-14-7-10-16;;/h2-3,8,11,13-14H,4-7,9-10H2,1H3;2*1H/t13-;;/m1../s1. The van der Waals surface area contributed by atoms with Crippen molar-refractivity contribution >= 4 is 24.8 Å². The maximum atomic E-state index is 3.44. The van der Waals surface area contributed by atoms with Crippen LogP contribution in [0.4, 0.5) is 0 Å². The summed E-state index contributed by atoms with van der Waals surface area (Å²) in [5, 5.41) is 3.44. The van der Waals surface area contributed by atoms with Crippen LogP contribution in [-0.2, 0) is 7.05 Å². The fraction of sp³-hybridized carbons (Fsp3) is 0.692. The highest BCUT2D eigenvalue weighted by atomic mass is 35.5. The van der Waals surface area contributed by atoms with Crippen LogP contribution >= 0.6 is 24.8 Å². The first kappa shape index (κ1) is 15.8. The third-order valence-corrected chi connectivity index (χ3v) is 3.90. The number of aromatic nitrogens is 1. The second-order valence-electron chi connectivity index (χ2n) is 5.11. The first-order chi connectivity index (χ1) is 7.86. The van der Waals surface area contributed by atoms with Crippen molar-refractivity contribution in [3.63, 3.8) is 0 Å². The summed E-state index contributed by atoms with van der Waals surface area (Å²) < 4.78 is 2.30. The zero-order chi connectivity index (χ0) is 11.0. The van der Waals surface area contributed by atoms with E-state index in [1.165, 1.54) is 31.6 Å². The lowest BCUT2D eigenvalue weighted by Crippen LogP contribution is -2.46. The average Bonchev–Trinajstić information content (AvgIpc) is 3.05. The van der Waals surface area contributed by atoms with Crippen molar-refractivity contribution < 1.29 is 0 Å². The van der Waals surface area contributed by atoms with Crippen LogP contribution in [0.5, 0.6) is 0 Å². The molecule has 1 saturated heterocycles. The lowest BCUT2D eigenvalue weighted by molar-refractivity contribution is 0.150. The Morgan fingerprint density at radius 1 is 1.22 bits per heavy atom. The Labute approximate surface area is 122 Å². The van der Waals surface area contributed by atoms with Gasteiger partial charge in [0.15, 0.2) is 0 Å². The molecule has 1 saturated carbocycles. The van der Waals surface area contributed by atoms with Crippen LogP contribution in [0.1, 0.15) is 24.6 Å². The van der Waals surface area contributed by atoms with Gasteiger partial charge in [0.1, 0.15) is 0 Å². The minimum Gasteiger partial charge on any atom is -0.353 e. The molecule has 18 heavy (non-hydrogen) atoms. The Morgan fingerprint density at radius 2 is 1.89 bits per heavy atom. The molecule has 104 valence electrons. The van der Waals surface area contributed by atoms with E-state index < -0.39 is 0 Å². The molecule has 1 N–H and O–H groups in total. The van der Waals surface area contributed by atoms with Crippen LogP contribution in [0, 0.1) is 5.92 Å². The molecule has 1 aromatic rings. The van der Waals surface area contributed by atoms with E-state index in [-0.39, 0.29) is 24.8 Å². The minimum atomic E-state index is 0. The Kier molecular flexibility index (Phi) is 5.99. The summed E-state index contributed by atoms with van der Waals surface area (Å²) in [4.78, 5) is 2.67. The van der Waals surface area contributed by atoms with Gasteiger partial charge in [0.05, 0.1) is 6.04 Å². The molecule has 2 heterocycles. The highest BCUT2D eigenvalue weighted by molar-refractivity contribution is 5.85. The summed E-state index contributed by atoms with van der Waals surface area (Å²) in [6.45, 7) is 4.69. The number of halogens is 2. The van der Waals surface area contributed by atoms with Crippen molar-refractivity contribution in [1.82, 2.24) is 14.8 Å². The number of rotatable bonds is 3. The predicted octanol–water partition coefficient (Wildman–Crippen LogP) is 2.22. The van der Waals surface area contributed by atoms with Crippen LogP contribution in [0.3, 0.4) is 0 Å². The lowest BCUT2D eigenvalue weighted by atomic mass is 10.1. The molecule has 0 aromatic carbocycles. The van der Waals surface area contributed by atoms with Crippen LogP contribution in [0.15, 0.2) is 18.3 Å². The van der Waals surface area contributed by atoms with E-state index in [0.717, 1.165) is 19.0 Å². The van der Waals surface area contributed by atoms with E-state index in [1.807, 2.05) is 0 Å². The average molecular weight is 292 g/mol. The second-order valence-corrected chi connectivity index (χ2v) is 5.11. The Bertz CT molecular complexity index is 357. The third-order valence-electron chi connectivity index (χ3n) is 3.90. The smallest absolute Gasteiger partial charge is 0.0529 e. The van der Waals surface area contributed by atoms with Crippen molar-refractivity contribution in [1.29, 1.82) is 0 Å². The molecule has 3 rings (SSSR count). The van der Waals surface area contributed by atoms with Gasteiger partial charge >= 0.3 is 0 Å². The molecular formula is C13H23Cl2N3. The fourth-order valence-electron chi connectivity index (χ4n) is 2.88. The molecule has 1 aromatic heterocycles. The summed E-state index contributed by atoms with van der Waals surface area (Å²) in [5.74, 6) is 0.909. The topological polar surface area (TPSA) is 20.2 Å². The lowest BCUT2D eigenvalue weighted by Gasteiger charge is -2.35. The Hall–Kier alpha value is -0.220. The third kappa shape index (κ3) is 3.21. The van der Waals surface area contributed by atoms with Gasteiger partial charge in [0, 0.05) is 45.1 Å². The van der Waals surface area contributed by atoms with Gasteiger partial charge < -0.3 is 9.88 Å². The van der Waals surface area contributed by atoms with Gasteiger partial charge in [-0.1, -0.05) is 0 Å². The monoisotopic (exact) mass is 291 g/mol. The van der Waals surface area contributed by atoms with Crippen molar-refractivity contribution in [2.45, 2.75) is 18.9 Å². The molecule has 3 nitrogen and oxygen atoms in total. The van der Waals surface area contributed by atoms with Crippen LogP contribution in [-0.4, -0.2) is 35.6 Å². The first-order valence-corrected chi connectivity index (χ1v) is 6.42. The van der Waals surface area contributed by atoms with Gasteiger partial charge in [0.2, 0.25) is 0 Å². The highest BCUT2D eigenvalue weighted by Gasteiger charge is 2.37. The first-order valence-electron chi connectivity index (χ1n) is 6.42. The zero-order valence-electron chi connectivity index (χ0n) is 10.8. The molecule has 1 aliphatic heterocycles. The summed E-state index contributed by atoms with van der Waals surface area (Å²) in [7, 11) is 2.17. The Balaban J connectivity index is 0.000000810. The molecule has 0 amide bonds. The number of hydrogen-bond acceptors (Lipinski definition) is 2. The molecule has 2 aliphatic rings. The van der Waals surface area contributed by atoms with Gasteiger partial charge in [0.25, 0.3) is 0 Å². The molecule has 1 aliphatic carbocycles. The van der Waals surface area contributed by atoms with E-state index in [1.54, 1.807) is 0 Å². The molecule has 2 fully saturated rings. The van der Waals surface area contributed by atoms with E-state index >= 15 is 0 Å². The summed E-state index contributed by atoms with van der Waals surface area (Å²) in [6.07, 6.45) is 5.01. The fourth-order valence-corrected chi connectivity index (χ4v) is 2.88. The number of aryl methyl sites for hydroxylation is 1. The Morgan fingerprint density at radius 3 is 2.39 bits per heavy atom. The largest absolute Gasteiger partial charge is 0.353 e. The molecule has 0 radical (unpaired) electrons. The number of piperazine rings is 1. The molecule has 0 spiro atoms. The van der Waals surface area contributed by atoms with Gasteiger partial charge in [-0.15, -0.1) is 24.8 Å². The van der Waals surface area contributed by atoms with Gasteiger partial charge in [-0.05, 0) is 30.9 Å². The van der Waals surface area contributed by atoms with Crippen molar-refractivity contribution in [3.8, 4) is 0 Å². The SMILES string of the molecule is Cl.Cl.Cn1cccc1[C@@H](C1CC1)N1CCNCC1. The maximum absolute atomic E-state index is 3.44. The molecular weight excluding hydrogens is 269 g/mol. The van der Waals surface area contributed by atoms with Crippen molar-refractivity contribution in [2.24, 2.45) is 13.0 Å². The van der Waals surface area contributed by atoms with E-state index in [2.05, 4.69) is 40.2 Å². The second kappa shape index (κ2) is 6.80. The normalized spacial score (nSPS) is 21.8. The van der Waals surface area contributed by atoms with E-state index in [9.17, 15) is 0 Å². The maximum Gasteiger partial charge on any atom is 0.0529 e. The number of nitrogens with one attached hydrogen (secondary N) is 1. The van der Waals surface area contributed by atoms with Crippen molar-refractivity contribution in [2.75, 3.05) is 26.2 Å². The van der Waals surface area contributed by atoms with E-state index in [0.29, 0.717) is 6.04 Å². The summed E-state index contributed by atoms with van der Waals surface area (Å²) >= 11 is 0. The molecule has 5 heteroatoms. The summed E-state index contributed by atoms with van der Waals surface area (Å²) in [6, 6.07) is 5.14. The van der Waals surface area contributed by atoms with E-state index in [4.69, 9.17) is 0 Å². The highest BCUT2D eigenvalue weighted by Crippen LogP contribution is 2.44. The van der Waals surface area contributed by atoms with Crippen LogP contribution in [0.25, 0.3) is 0 Å². The van der Waals surface area contributed by atoms with Crippen molar-refractivity contribution in [3.05, 3.63) is 24.0 Å². The minimum absolute atomic E-state index is 0. The van der Waals surface area contributed by atoms with Gasteiger partial charge in [-0.25, -0.2) is 0 Å². The zero-order valence-corrected chi connectivity index (χ0v) is 12.5.